The maximum absolute atomic E-state index is 11.7. The lowest BCUT2D eigenvalue weighted by atomic mass is 10.2. The number of nitrogens with one attached hydrogen (secondary N) is 2. The lowest BCUT2D eigenvalue weighted by Crippen LogP contribution is -2.14. The summed E-state index contributed by atoms with van der Waals surface area (Å²) in [5.74, 6) is 0.299. The molecule has 0 aliphatic carbocycles. The quantitative estimate of drug-likeness (QED) is 0.600. The molecule has 11 heteroatoms. The molecule has 0 radical (unpaired) electrons. The highest BCUT2D eigenvalue weighted by atomic mass is 35.5. The first-order chi connectivity index (χ1) is 11.8. The van der Waals surface area contributed by atoms with E-state index in [0.29, 0.717) is 6.42 Å². The highest BCUT2D eigenvalue weighted by molar-refractivity contribution is 7.91. The van der Waals surface area contributed by atoms with Crippen molar-refractivity contribution >= 4 is 33.3 Å². The van der Waals surface area contributed by atoms with E-state index in [1.807, 2.05) is 13.8 Å². The van der Waals surface area contributed by atoms with Crippen LogP contribution in [0.15, 0.2) is 16.1 Å². The van der Waals surface area contributed by atoms with Gasteiger partial charge in [0.25, 0.3) is 5.56 Å². The van der Waals surface area contributed by atoms with Gasteiger partial charge in [0.15, 0.2) is 9.84 Å². The third-order valence-electron chi connectivity index (χ3n) is 4.11. The molecule has 0 bridgehead atoms. The molecule has 1 aliphatic rings. The van der Waals surface area contributed by atoms with Crippen LogP contribution in [0.2, 0.25) is 5.02 Å². The SMILES string of the molecule is Cc1nn([C@H]2CCS(=O)(=O)C2)c(C)c1/C=N\Nc1cn[nH]c(=O)c1Cl. The second-order valence-electron chi connectivity index (χ2n) is 5.88. The highest BCUT2D eigenvalue weighted by Crippen LogP contribution is 2.26. The van der Waals surface area contributed by atoms with Crippen molar-refractivity contribution in [3.63, 3.8) is 0 Å². The Kier molecular flexibility index (Phi) is 4.65. The zero-order valence-corrected chi connectivity index (χ0v) is 15.2. The zero-order chi connectivity index (χ0) is 18.2. The van der Waals surface area contributed by atoms with Crippen molar-refractivity contribution in [2.75, 3.05) is 16.9 Å². The average Bonchev–Trinajstić information content (AvgIpc) is 3.04. The summed E-state index contributed by atoms with van der Waals surface area (Å²) >= 11 is 5.86. The van der Waals surface area contributed by atoms with Crippen molar-refractivity contribution in [2.45, 2.75) is 26.3 Å². The molecule has 3 rings (SSSR count). The fraction of sp³-hybridized carbons (Fsp3) is 0.429. The van der Waals surface area contributed by atoms with E-state index in [2.05, 4.69) is 25.8 Å². The third-order valence-corrected chi connectivity index (χ3v) is 6.24. The number of sulfone groups is 1. The molecule has 9 nitrogen and oxygen atoms in total. The van der Waals surface area contributed by atoms with E-state index in [1.54, 1.807) is 10.9 Å². The number of aromatic nitrogens is 4. The molecule has 0 unspecified atom stereocenters. The molecule has 3 heterocycles. The standard InChI is InChI=1S/C14H17ClN6O3S/c1-8-11(5-16-18-12-6-17-19-14(22)13(12)15)9(2)21(20-8)10-3-4-25(23,24)7-10/h5-6,10H,3-4,7H2,1-2H3,(H2,18,19,22)/b16-5-/t10-/m0/s1. The van der Waals surface area contributed by atoms with Crippen LogP contribution in [0.25, 0.3) is 0 Å². The predicted octanol–water partition coefficient (Wildman–Crippen LogP) is 1.04. The van der Waals surface area contributed by atoms with Crippen LogP contribution >= 0.6 is 11.6 Å². The van der Waals surface area contributed by atoms with Gasteiger partial charge in [0.1, 0.15) is 10.7 Å². The van der Waals surface area contributed by atoms with Gasteiger partial charge in [-0.3, -0.25) is 14.9 Å². The Morgan fingerprint density at radius 1 is 1.48 bits per heavy atom. The van der Waals surface area contributed by atoms with Gasteiger partial charge in [-0.05, 0) is 20.3 Å². The third kappa shape index (κ3) is 3.59. The molecule has 1 saturated heterocycles. The lowest BCUT2D eigenvalue weighted by Gasteiger charge is -2.10. The van der Waals surface area contributed by atoms with Gasteiger partial charge in [0, 0.05) is 11.3 Å². The maximum Gasteiger partial charge on any atom is 0.285 e. The largest absolute Gasteiger partial charge is 0.285 e. The van der Waals surface area contributed by atoms with Crippen LogP contribution in [0, 0.1) is 13.8 Å². The predicted molar refractivity (Wildman–Crippen MR) is 95.1 cm³/mol. The lowest BCUT2D eigenvalue weighted by molar-refractivity contribution is 0.486. The number of hydrogen-bond donors (Lipinski definition) is 2. The number of anilines is 1. The molecular weight excluding hydrogens is 368 g/mol. The minimum atomic E-state index is -2.99. The Balaban J connectivity index is 1.81. The van der Waals surface area contributed by atoms with Crippen molar-refractivity contribution in [1.82, 2.24) is 20.0 Å². The number of hydrogen-bond acceptors (Lipinski definition) is 7. The molecular formula is C14H17ClN6O3S. The number of halogens is 1. The van der Waals surface area contributed by atoms with Gasteiger partial charge in [-0.25, -0.2) is 13.5 Å². The van der Waals surface area contributed by atoms with E-state index in [1.165, 1.54) is 6.20 Å². The van der Waals surface area contributed by atoms with Crippen molar-refractivity contribution in [1.29, 1.82) is 0 Å². The summed E-state index contributed by atoms with van der Waals surface area (Å²) in [5, 5.41) is 14.4. The molecule has 1 fully saturated rings. The first-order valence-corrected chi connectivity index (χ1v) is 9.77. The van der Waals surface area contributed by atoms with Gasteiger partial charge >= 0.3 is 0 Å². The molecule has 0 saturated carbocycles. The smallest absolute Gasteiger partial charge is 0.275 e. The number of aryl methyl sites for hydroxylation is 1. The van der Waals surface area contributed by atoms with Crippen LogP contribution in [-0.2, 0) is 9.84 Å². The number of aromatic amines is 1. The first-order valence-electron chi connectivity index (χ1n) is 7.57. The minimum Gasteiger partial charge on any atom is -0.275 e. The molecule has 1 aliphatic heterocycles. The fourth-order valence-electron chi connectivity index (χ4n) is 2.81. The molecule has 1 atom stereocenters. The van der Waals surface area contributed by atoms with Crippen LogP contribution in [-0.4, -0.2) is 46.1 Å². The van der Waals surface area contributed by atoms with E-state index in [-0.39, 0.29) is 28.3 Å². The van der Waals surface area contributed by atoms with Crippen LogP contribution in [0.1, 0.15) is 29.4 Å². The van der Waals surface area contributed by atoms with Crippen molar-refractivity contribution in [3.8, 4) is 0 Å². The number of hydrazone groups is 1. The molecule has 2 aromatic rings. The van der Waals surface area contributed by atoms with E-state index in [4.69, 9.17) is 11.6 Å². The minimum absolute atomic E-state index is 0.0348. The molecule has 0 spiro atoms. The molecule has 0 aromatic carbocycles. The van der Waals surface area contributed by atoms with Crippen LogP contribution in [0.4, 0.5) is 5.69 Å². The number of rotatable bonds is 4. The Morgan fingerprint density at radius 3 is 2.92 bits per heavy atom. The van der Waals surface area contributed by atoms with E-state index < -0.39 is 15.4 Å². The molecule has 134 valence electrons. The van der Waals surface area contributed by atoms with Gasteiger partial charge in [-0.15, -0.1) is 0 Å². The number of nitrogens with zero attached hydrogens (tertiary/aromatic N) is 4. The van der Waals surface area contributed by atoms with Crippen molar-refractivity contribution < 1.29 is 8.42 Å². The normalized spacial score (nSPS) is 19.6. The Bertz CT molecular complexity index is 994. The summed E-state index contributed by atoms with van der Waals surface area (Å²) in [5.41, 5.74) is 4.80. The van der Waals surface area contributed by atoms with Gasteiger partial charge < -0.3 is 0 Å². The van der Waals surface area contributed by atoms with E-state index in [9.17, 15) is 13.2 Å². The fourth-order valence-corrected chi connectivity index (χ4v) is 4.64. The van der Waals surface area contributed by atoms with Gasteiger partial charge in [0.05, 0.1) is 35.7 Å². The second kappa shape index (κ2) is 6.60. The summed E-state index contributed by atoms with van der Waals surface area (Å²) in [6.45, 7) is 3.70. The molecule has 0 amide bonds. The Labute approximate surface area is 149 Å². The summed E-state index contributed by atoms with van der Waals surface area (Å²) in [4.78, 5) is 11.4. The topological polar surface area (TPSA) is 122 Å². The summed E-state index contributed by atoms with van der Waals surface area (Å²) in [6, 6.07) is -0.148. The van der Waals surface area contributed by atoms with Crippen molar-refractivity contribution in [3.05, 3.63) is 38.5 Å². The first kappa shape index (κ1) is 17.6. The summed E-state index contributed by atoms with van der Waals surface area (Å²) < 4.78 is 25.1. The summed E-state index contributed by atoms with van der Waals surface area (Å²) in [7, 11) is -2.99. The second-order valence-corrected chi connectivity index (χ2v) is 8.49. The molecule has 2 N–H and O–H groups in total. The van der Waals surface area contributed by atoms with Crippen LogP contribution < -0.4 is 11.0 Å². The number of H-pyrrole nitrogens is 1. The molecule has 25 heavy (non-hydrogen) atoms. The van der Waals surface area contributed by atoms with Crippen molar-refractivity contribution in [2.24, 2.45) is 5.10 Å². The van der Waals surface area contributed by atoms with Crippen LogP contribution in [0.3, 0.4) is 0 Å². The zero-order valence-electron chi connectivity index (χ0n) is 13.7. The highest BCUT2D eigenvalue weighted by Gasteiger charge is 2.31. The van der Waals surface area contributed by atoms with Gasteiger partial charge in [-0.2, -0.15) is 15.3 Å². The van der Waals surface area contributed by atoms with E-state index >= 15 is 0 Å². The average molecular weight is 385 g/mol. The van der Waals surface area contributed by atoms with E-state index in [0.717, 1.165) is 17.0 Å². The van der Waals surface area contributed by atoms with Crippen LogP contribution in [0.5, 0.6) is 0 Å². The maximum atomic E-state index is 11.7. The molecule has 2 aromatic heterocycles. The Hall–Kier alpha value is -2.20. The summed E-state index contributed by atoms with van der Waals surface area (Å²) in [6.07, 6.45) is 3.48. The van der Waals surface area contributed by atoms with Gasteiger partial charge in [-0.1, -0.05) is 11.6 Å². The Morgan fingerprint density at radius 2 is 2.24 bits per heavy atom. The monoisotopic (exact) mass is 384 g/mol. The van der Waals surface area contributed by atoms with Gasteiger partial charge in [0.2, 0.25) is 0 Å².